The van der Waals surface area contributed by atoms with Crippen molar-refractivity contribution in [3.05, 3.63) is 47.8 Å². The Hall–Kier alpha value is -3.09. The average Bonchev–Trinajstić information content (AvgIpc) is 3.00. The van der Waals surface area contributed by atoms with Crippen LogP contribution in [0.25, 0.3) is 10.8 Å². The molecule has 1 amide bonds. The number of nitrogens with one attached hydrogen (secondary N) is 2. The number of carbonyl (C=O) groups excluding carboxylic acids is 1. The lowest BCUT2D eigenvalue weighted by Crippen LogP contribution is -2.27. The van der Waals surface area contributed by atoms with Crippen molar-refractivity contribution in [2.75, 3.05) is 12.8 Å². The minimum atomic E-state index is -0.340. The molecule has 0 radical (unpaired) electrons. The maximum atomic E-state index is 12.6. The summed E-state index contributed by atoms with van der Waals surface area (Å²) in [7, 11) is 1.61. The lowest BCUT2D eigenvalue weighted by Gasteiger charge is -2.14. The van der Waals surface area contributed by atoms with Gasteiger partial charge in [0.25, 0.3) is 5.91 Å². The number of anilines is 1. The minimum absolute atomic E-state index is 0.149. The molecule has 7 heteroatoms. The van der Waals surface area contributed by atoms with Gasteiger partial charge in [0.15, 0.2) is 0 Å². The van der Waals surface area contributed by atoms with E-state index >= 15 is 0 Å². The highest BCUT2D eigenvalue weighted by Gasteiger charge is 2.17. The second-order valence-corrected chi connectivity index (χ2v) is 5.13. The van der Waals surface area contributed by atoms with Crippen molar-refractivity contribution in [3.63, 3.8) is 0 Å². The van der Waals surface area contributed by atoms with E-state index in [2.05, 4.69) is 20.5 Å². The van der Waals surface area contributed by atoms with Crippen molar-refractivity contribution in [1.82, 2.24) is 20.5 Å². The van der Waals surface area contributed by atoms with Crippen LogP contribution < -0.4 is 15.8 Å². The van der Waals surface area contributed by atoms with Gasteiger partial charge >= 0.3 is 0 Å². The van der Waals surface area contributed by atoms with Gasteiger partial charge in [-0.3, -0.25) is 9.89 Å². The molecule has 0 saturated heterocycles. The standard InChI is InChI=1S/C16H17N5O2/c1-9(14-19-16(17)21-20-14)18-15(22)12-7-8-13(23-2)11-6-4-3-5-10(11)12/h3-9H,1-2H3,(H,18,22)(H3,17,19,20,21). The Morgan fingerprint density at radius 3 is 2.65 bits per heavy atom. The highest BCUT2D eigenvalue weighted by molar-refractivity contribution is 6.08. The number of aromatic nitrogens is 3. The third-order valence-corrected chi connectivity index (χ3v) is 3.63. The smallest absolute Gasteiger partial charge is 0.252 e. The average molecular weight is 311 g/mol. The first-order chi connectivity index (χ1) is 11.1. The molecule has 0 saturated carbocycles. The lowest BCUT2D eigenvalue weighted by atomic mass is 10.0. The Morgan fingerprint density at radius 1 is 1.26 bits per heavy atom. The summed E-state index contributed by atoms with van der Waals surface area (Å²) >= 11 is 0. The fraction of sp³-hybridized carbons (Fsp3) is 0.188. The van der Waals surface area contributed by atoms with Crippen molar-refractivity contribution < 1.29 is 9.53 Å². The Balaban J connectivity index is 1.92. The first-order valence-corrected chi connectivity index (χ1v) is 7.14. The van der Waals surface area contributed by atoms with Gasteiger partial charge in [-0.25, -0.2) is 0 Å². The van der Waals surface area contributed by atoms with Crippen LogP contribution in [0, 0.1) is 0 Å². The molecular formula is C16H17N5O2. The molecule has 7 nitrogen and oxygen atoms in total. The number of H-pyrrole nitrogens is 1. The molecule has 0 bridgehead atoms. The van der Waals surface area contributed by atoms with Crippen molar-refractivity contribution in [1.29, 1.82) is 0 Å². The van der Waals surface area contributed by atoms with Crippen LogP contribution in [0.15, 0.2) is 36.4 Å². The number of nitrogen functional groups attached to an aromatic ring is 1. The number of hydrogen-bond donors (Lipinski definition) is 3. The molecule has 1 heterocycles. The van der Waals surface area contributed by atoms with E-state index in [9.17, 15) is 4.79 Å². The Labute approximate surface area is 132 Å². The molecule has 0 aliphatic carbocycles. The summed E-state index contributed by atoms with van der Waals surface area (Å²) in [6, 6.07) is 10.8. The molecule has 1 aromatic heterocycles. The van der Waals surface area contributed by atoms with Gasteiger partial charge in [-0.1, -0.05) is 24.3 Å². The van der Waals surface area contributed by atoms with Crippen molar-refractivity contribution in [2.24, 2.45) is 0 Å². The van der Waals surface area contributed by atoms with Crippen LogP contribution in [-0.2, 0) is 0 Å². The van der Waals surface area contributed by atoms with Gasteiger partial charge in [0.05, 0.1) is 13.2 Å². The van der Waals surface area contributed by atoms with Crippen molar-refractivity contribution in [3.8, 4) is 5.75 Å². The van der Waals surface area contributed by atoms with E-state index in [0.717, 1.165) is 16.5 Å². The predicted molar refractivity (Wildman–Crippen MR) is 87.2 cm³/mol. The number of fused-ring (bicyclic) bond motifs is 1. The zero-order valence-corrected chi connectivity index (χ0v) is 12.8. The third-order valence-electron chi connectivity index (χ3n) is 3.63. The molecule has 1 atom stereocenters. The van der Waals surface area contributed by atoms with E-state index in [1.165, 1.54) is 0 Å². The molecule has 0 aliphatic heterocycles. The van der Waals surface area contributed by atoms with Gasteiger partial charge in [-0.15, -0.1) is 5.10 Å². The quantitative estimate of drug-likeness (QED) is 0.683. The molecule has 23 heavy (non-hydrogen) atoms. The highest BCUT2D eigenvalue weighted by Crippen LogP contribution is 2.28. The van der Waals surface area contributed by atoms with Gasteiger partial charge in [0.1, 0.15) is 11.6 Å². The molecule has 0 spiro atoms. The van der Waals surface area contributed by atoms with E-state index in [1.54, 1.807) is 19.2 Å². The molecule has 1 unspecified atom stereocenters. The summed E-state index contributed by atoms with van der Waals surface area (Å²) in [6.45, 7) is 1.81. The predicted octanol–water partition coefficient (Wildman–Crippen LogP) is 2.04. The molecule has 3 aromatic rings. The minimum Gasteiger partial charge on any atom is -0.496 e. The zero-order chi connectivity index (χ0) is 16.4. The second kappa shape index (κ2) is 5.96. The van der Waals surface area contributed by atoms with Crippen LogP contribution in [0.3, 0.4) is 0 Å². The van der Waals surface area contributed by atoms with E-state index in [4.69, 9.17) is 10.5 Å². The van der Waals surface area contributed by atoms with E-state index in [1.807, 2.05) is 31.2 Å². The van der Waals surface area contributed by atoms with Gasteiger partial charge in [0, 0.05) is 10.9 Å². The third kappa shape index (κ3) is 2.80. The maximum absolute atomic E-state index is 12.6. The number of aromatic amines is 1. The summed E-state index contributed by atoms with van der Waals surface area (Å²) in [5.41, 5.74) is 6.05. The number of hydrogen-bond acceptors (Lipinski definition) is 5. The molecule has 2 aromatic carbocycles. The van der Waals surface area contributed by atoms with Crippen molar-refractivity contribution in [2.45, 2.75) is 13.0 Å². The molecule has 0 aliphatic rings. The molecule has 118 valence electrons. The fourth-order valence-corrected chi connectivity index (χ4v) is 2.47. The number of benzene rings is 2. The number of methoxy groups -OCH3 is 1. The van der Waals surface area contributed by atoms with E-state index in [-0.39, 0.29) is 17.9 Å². The first-order valence-electron chi connectivity index (χ1n) is 7.14. The number of amides is 1. The van der Waals surface area contributed by atoms with Crippen LogP contribution >= 0.6 is 0 Å². The summed E-state index contributed by atoms with van der Waals surface area (Å²) in [5.74, 6) is 1.18. The monoisotopic (exact) mass is 311 g/mol. The van der Waals surface area contributed by atoms with Gasteiger partial charge in [-0.2, -0.15) is 4.98 Å². The van der Waals surface area contributed by atoms with Crippen LogP contribution in [0.4, 0.5) is 5.95 Å². The van der Waals surface area contributed by atoms with Crippen molar-refractivity contribution >= 4 is 22.6 Å². The number of rotatable bonds is 4. The van der Waals surface area contributed by atoms with Gasteiger partial charge in [-0.05, 0) is 24.4 Å². The highest BCUT2D eigenvalue weighted by atomic mass is 16.5. The van der Waals surface area contributed by atoms with Crippen LogP contribution in [0.1, 0.15) is 29.1 Å². The fourth-order valence-electron chi connectivity index (χ4n) is 2.47. The summed E-state index contributed by atoms with van der Waals surface area (Å²) < 4.78 is 5.35. The summed E-state index contributed by atoms with van der Waals surface area (Å²) in [5, 5.41) is 11.1. The largest absolute Gasteiger partial charge is 0.496 e. The zero-order valence-electron chi connectivity index (χ0n) is 12.8. The molecule has 4 N–H and O–H groups in total. The van der Waals surface area contributed by atoms with Gasteiger partial charge < -0.3 is 15.8 Å². The Bertz CT molecular complexity index is 859. The summed E-state index contributed by atoms with van der Waals surface area (Å²) in [6.07, 6.45) is 0. The van der Waals surface area contributed by atoms with E-state index < -0.39 is 0 Å². The SMILES string of the molecule is COc1ccc(C(=O)NC(C)c2nc(N)n[nH]2)c2ccccc12. The van der Waals surface area contributed by atoms with E-state index in [0.29, 0.717) is 11.4 Å². The summed E-state index contributed by atoms with van der Waals surface area (Å²) in [4.78, 5) is 16.6. The van der Waals surface area contributed by atoms with Crippen LogP contribution in [0.5, 0.6) is 5.75 Å². The van der Waals surface area contributed by atoms with Gasteiger partial charge in [0.2, 0.25) is 5.95 Å². The normalized spacial score (nSPS) is 12.1. The maximum Gasteiger partial charge on any atom is 0.252 e. The number of carbonyl (C=O) groups is 1. The van der Waals surface area contributed by atoms with Crippen LogP contribution in [0.2, 0.25) is 0 Å². The Kier molecular flexibility index (Phi) is 3.84. The molecular weight excluding hydrogens is 294 g/mol. The molecule has 3 rings (SSSR count). The number of ether oxygens (including phenoxy) is 1. The number of nitrogens with two attached hydrogens (primary N) is 1. The van der Waals surface area contributed by atoms with Crippen LogP contribution in [-0.4, -0.2) is 28.2 Å². The second-order valence-electron chi connectivity index (χ2n) is 5.13. The Morgan fingerprint density at radius 2 is 2.00 bits per heavy atom. The first kappa shape index (κ1) is 14.8. The lowest BCUT2D eigenvalue weighted by molar-refractivity contribution is 0.0940. The molecule has 0 fully saturated rings. The topological polar surface area (TPSA) is 106 Å². The number of nitrogens with zero attached hydrogens (tertiary/aromatic N) is 2.